The number of ether oxygens (including phenoxy) is 2. The maximum absolute atomic E-state index is 12.6. The van der Waals surface area contributed by atoms with Crippen molar-refractivity contribution < 1.29 is 27.5 Å². The SMILES string of the molecule is CCN(CC)S(=O)(=O)c1ccc(C)c(C(=O)O[C@H]2CCOC2=O)c1. The third-order valence-electron chi connectivity index (χ3n) is 3.91. The van der Waals surface area contributed by atoms with Gasteiger partial charge in [0.2, 0.25) is 16.1 Å². The zero-order valence-corrected chi connectivity index (χ0v) is 14.8. The van der Waals surface area contributed by atoms with E-state index in [-0.39, 0.29) is 17.1 Å². The van der Waals surface area contributed by atoms with Crippen LogP contribution in [0.15, 0.2) is 23.1 Å². The predicted octanol–water partition coefficient (Wildman–Crippen LogP) is 1.50. The summed E-state index contributed by atoms with van der Waals surface area (Å²) in [5.41, 5.74) is 0.702. The summed E-state index contributed by atoms with van der Waals surface area (Å²) in [6, 6.07) is 4.31. The minimum Gasteiger partial charge on any atom is -0.463 e. The van der Waals surface area contributed by atoms with Crippen LogP contribution in [0.5, 0.6) is 0 Å². The summed E-state index contributed by atoms with van der Waals surface area (Å²) >= 11 is 0. The number of cyclic esters (lactones) is 1. The molecule has 8 heteroatoms. The first-order valence-electron chi connectivity index (χ1n) is 7.79. The average Bonchev–Trinajstić information content (AvgIpc) is 2.93. The Labute approximate surface area is 141 Å². The number of carbonyl (C=O) groups is 2. The van der Waals surface area contributed by atoms with Gasteiger partial charge in [-0.2, -0.15) is 4.31 Å². The molecule has 0 radical (unpaired) electrons. The summed E-state index contributed by atoms with van der Waals surface area (Å²) < 4.78 is 36.4. The maximum Gasteiger partial charge on any atom is 0.347 e. The second kappa shape index (κ2) is 7.31. The molecule has 7 nitrogen and oxygen atoms in total. The standard InChI is InChI=1S/C16H21NO6S/c1-4-17(5-2)24(20,21)12-7-6-11(3)13(10-12)15(18)23-14-8-9-22-16(14)19/h6-7,10,14H,4-5,8-9H2,1-3H3/t14-/m0/s1. The number of rotatable bonds is 6. The first-order valence-corrected chi connectivity index (χ1v) is 9.23. The highest BCUT2D eigenvalue weighted by Gasteiger charge is 2.31. The summed E-state index contributed by atoms with van der Waals surface area (Å²) in [6.45, 7) is 6.05. The summed E-state index contributed by atoms with van der Waals surface area (Å²) in [4.78, 5) is 23.8. The molecule has 0 spiro atoms. The number of aryl methyl sites for hydroxylation is 1. The van der Waals surface area contributed by atoms with Gasteiger partial charge in [-0.3, -0.25) is 0 Å². The number of hydrogen-bond acceptors (Lipinski definition) is 6. The molecule has 0 amide bonds. The van der Waals surface area contributed by atoms with Crippen molar-refractivity contribution in [1.82, 2.24) is 4.31 Å². The summed E-state index contributed by atoms with van der Waals surface area (Å²) in [5, 5.41) is 0. The van der Waals surface area contributed by atoms with Gasteiger partial charge in [-0.25, -0.2) is 18.0 Å². The van der Waals surface area contributed by atoms with Crippen LogP contribution in [0, 0.1) is 6.92 Å². The highest BCUT2D eigenvalue weighted by atomic mass is 32.2. The highest BCUT2D eigenvalue weighted by molar-refractivity contribution is 7.89. The van der Waals surface area contributed by atoms with Crippen molar-refractivity contribution in [2.75, 3.05) is 19.7 Å². The molecule has 24 heavy (non-hydrogen) atoms. The minimum absolute atomic E-state index is 0.0257. The van der Waals surface area contributed by atoms with Crippen molar-refractivity contribution in [2.24, 2.45) is 0 Å². The smallest absolute Gasteiger partial charge is 0.347 e. The van der Waals surface area contributed by atoms with Crippen LogP contribution in [-0.4, -0.2) is 50.5 Å². The van der Waals surface area contributed by atoms with Crippen molar-refractivity contribution in [3.05, 3.63) is 29.3 Å². The zero-order chi connectivity index (χ0) is 17.9. The number of carbonyl (C=O) groups excluding carboxylic acids is 2. The molecule has 0 N–H and O–H groups in total. The molecule has 1 saturated heterocycles. The first-order chi connectivity index (χ1) is 11.3. The molecule has 132 valence electrons. The van der Waals surface area contributed by atoms with Crippen LogP contribution in [0.25, 0.3) is 0 Å². The van der Waals surface area contributed by atoms with Crippen molar-refractivity contribution in [3.63, 3.8) is 0 Å². The van der Waals surface area contributed by atoms with E-state index in [4.69, 9.17) is 9.47 Å². The lowest BCUT2D eigenvalue weighted by Gasteiger charge is -2.19. The van der Waals surface area contributed by atoms with Gasteiger partial charge in [-0.05, 0) is 24.6 Å². The summed E-state index contributed by atoms with van der Waals surface area (Å²) in [7, 11) is -3.68. The first kappa shape index (κ1) is 18.4. The number of nitrogens with zero attached hydrogens (tertiary/aromatic N) is 1. The van der Waals surface area contributed by atoms with Crippen LogP contribution in [0.4, 0.5) is 0 Å². The van der Waals surface area contributed by atoms with Gasteiger partial charge in [0.05, 0.1) is 17.1 Å². The molecule has 1 atom stereocenters. The Morgan fingerprint density at radius 2 is 2.00 bits per heavy atom. The molecule has 1 heterocycles. The van der Waals surface area contributed by atoms with Gasteiger partial charge in [-0.1, -0.05) is 19.9 Å². The lowest BCUT2D eigenvalue weighted by atomic mass is 10.1. The van der Waals surface area contributed by atoms with E-state index in [1.165, 1.54) is 16.4 Å². The third kappa shape index (κ3) is 3.59. The second-order valence-corrected chi connectivity index (χ2v) is 7.35. The zero-order valence-electron chi connectivity index (χ0n) is 13.9. The fourth-order valence-electron chi connectivity index (χ4n) is 2.47. The van der Waals surface area contributed by atoms with E-state index >= 15 is 0 Å². The Balaban J connectivity index is 2.31. The molecule has 0 aliphatic carbocycles. The molecule has 0 aromatic heterocycles. The maximum atomic E-state index is 12.6. The minimum atomic E-state index is -3.68. The molecule has 0 saturated carbocycles. The predicted molar refractivity (Wildman–Crippen MR) is 86.1 cm³/mol. The summed E-state index contributed by atoms with van der Waals surface area (Å²) in [6.07, 6.45) is -0.624. The van der Waals surface area contributed by atoms with Crippen LogP contribution in [0.2, 0.25) is 0 Å². The molecular weight excluding hydrogens is 334 g/mol. The lowest BCUT2D eigenvalue weighted by molar-refractivity contribution is -0.145. The molecule has 0 unspecified atom stereocenters. The van der Waals surface area contributed by atoms with E-state index in [1.807, 2.05) is 0 Å². The Morgan fingerprint density at radius 3 is 2.54 bits per heavy atom. The normalized spacial score (nSPS) is 17.8. The number of hydrogen-bond donors (Lipinski definition) is 0. The van der Waals surface area contributed by atoms with Crippen molar-refractivity contribution in [1.29, 1.82) is 0 Å². The van der Waals surface area contributed by atoms with E-state index in [0.29, 0.717) is 25.1 Å². The molecule has 1 aliphatic heterocycles. The fraction of sp³-hybridized carbons (Fsp3) is 0.500. The second-order valence-electron chi connectivity index (χ2n) is 5.42. The molecule has 1 aliphatic rings. The van der Waals surface area contributed by atoms with E-state index in [9.17, 15) is 18.0 Å². The Morgan fingerprint density at radius 1 is 1.33 bits per heavy atom. The Bertz CT molecular complexity index is 739. The van der Waals surface area contributed by atoms with Crippen LogP contribution < -0.4 is 0 Å². The average molecular weight is 355 g/mol. The van der Waals surface area contributed by atoms with Gasteiger partial charge in [0.15, 0.2) is 0 Å². The highest BCUT2D eigenvalue weighted by Crippen LogP contribution is 2.21. The fourth-order valence-corrected chi connectivity index (χ4v) is 3.96. The largest absolute Gasteiger partial charge is 0.463 e. The third-order valence-corrected chi connectivity index (χ3v) is 5.95. The van der Waals surface area contributed by atoms with Gasteiger partial charge in [-0.15, -0.1) is 0 Å². The van der Waals surface area contributed by atoms with Crippen molar-refractivity contribution >= 4 is 22.0 Å². The quantitative estimate of drug-likeness (QED) is 0.718. The topological polar surface area (TPSA) is 90.0 Å². The van der Waals surface area contributed by atoms with Gasteiger partial charge >= 0.3 is 11.9 Å². The molecule has 1 aromatic carbocycles. The van der Waals surface area contributed by atoms with Crippen LogP contribution in [-0.2, 0) is 24.3 Å². The molecule has 2 rings (SSSR count). The lowest BCUT2D eigenvalue weighted by Crippen LogP contribution is -2.31. The number of sulfonamides is 1. The summed E-state index contributed by atoms with van der Waals surface area (Å²) in [5.74, 6) is -1.30. The van der Waals surface area contributed by atoms with Gasteiger partial charge in [0.1, 0.15) is 0 Å². The van der Waals surface area contributed by atoms with Crippen molar-refractivity contribution in [3.8, 4) is 0 Å². The Hall–Kier alpha value is -1.93. The van der Waals surface area contributed by atoms with Crippen molar-refractivity contribution in [2.45, 2.75) is 38.2 Å². The molecule has 0 bridgehead atoms. The van der Waals surface area contributed by atoms with Crippen LogP contribution >= 0.6 is 0 Å². The molecule has 1 aromatic rings. The van der Waals surface area contributed by atoms with E-state index in [2.05, 4.69) is 0 Å². The van der Waals surface area contributed by atoms with Crippen LogP contribution in [0.3, 0.4) is 0 Å². The van der Waals surface area contributed by atoms with E-state index in [1.54, 1.807) is 26.8 Å². The molecular formula is C16H21NO6S. The monoisotopic (exact) mass is 355 g/mol. The number of benzene rings is 1. The number of esters is 2. The van der Waals surface area contributed by atoms with Gasteiger partial charge in [0.25, 0.3) is 0 Å². The van der Waals surface area contributed by atoms with E-state index in [0.717, 1.165) is 0 Å². The Kier molecular flexibility index (Phi) is 5.61. The van der Waals surface area contributed by atoms with Gasteiger partial charge in [0, 0.05) is 19.5 Å². The van der Waals surface area contributed by atoms with Gasteiger partial charge < -0.3 is 9.47 Å². The van der Waals surface area contributed by atoms with Crippen LogP contribution in [0.1, 0.15) is 36.2 Å². The molecule has 1 fully saturated rings. The van der Waals surface area contributed by atoms with E-state index < -0.39 is 28.1 Å².